The summed E-state index contributed by atoms with van der Waals surface area (Å²) in [6.45, 7) is 1.65. The first-order valence-electron chi connectivity index (χ1n) is 5.68. The molecule has 4 heteroatoms. The van der Waals surface area contributed by atoms with Gasteiger partial charge in [0.1, 0.15) is 0 Å². The number of nitrogens with zero attached hydrogens (tertiary/aromatic N) is 2. The number of rotatable bonds is 4. The van der Waals surface area contributed by atoms with Gasteiger partial charge in [-0.15, -0.1) is 0 Å². The highest BCUT2D eigenvalue weighted by Crippen LogP contribution is 2.26. The van der Waals surface area contributed by atoms with Gasteiger partial charge in [-0.05, 0) is 37.2 Å². The minimum Gasteiger partial charge on any atom is -0.374 e. The summed E-state index contributed by atoms with van der Waals surface area (Å²) in [6.07, 6.45) is 2.79. The number of anilines is 1. The Balaban J connectivity index is 2.40. The smallest absolute Gasteiger partial charge is 0.0737 e. The van der Waals surface area contributed by atoms with Crippen molar-refractivity contribution >= 4 is 28.2 Å². The van der Waals surface area contributed by atoms with Gasteiger partial charge in [-0.3, -0.25) is 4.98 Å². The average Bonchev–Trinajstić information content (AvgIpc) is 2.34. The molecule has 0 saturated heterocycles. The monoisotopic (exact) mass is 249 g/mol. The molecular weight excluding hydrogens is 234 g/mol. The first-order valence-corrected chi connectivity index (χ1v) is 6.05. The zero-order chi connectivity index (χ0) is 12.3. The molecule has 0 bridgehead atoms. The lowest BCUT2D eigenvalue weighted by Gasteiger charge is -2.20. The maximum atomic E-state index is 5.96. The van der Waals surface area contributed by atoms with Gasteiger partial charge in [0.05, 0.1) is 5.52 Å². The number of hydrogen-bond acceptors (Lipinski definition) is 3. The largest absolute Gasteiger partial charge is 0.374 e. The van der Waals surface area contributed by atoms with Gasteiger partial charge in [0.15, 0.2) is 0 Å². The maximum Gasteiger partial charge on any atom is 0.0737 e. The van der Waals surface area contributed by atoms with E-state index >= 15 is 0 Å². The van der Waals surface area contributed by atoms with E-state index in [1.54, 1.807) is 0 Å². The Kier molecular flexibility index (Phi) is 3.82. The van der Waals surface area contributed by atoms with Gasteiger partial charge in [-0.1, -0.05) is 11.6 Å². The highest BCUT2D eigenvalue weighted by Gasteiger charge is 2.06. The predicted octanol–water partition coefficient (Wildman–Crippen LogP) is 2.67. The van der Waals surface area contributed by atoms with E-state index in [2.05, 4.69) is 16.9 Å². The van der Waals surface area contributed by atoms with Crippen molar-refractivity contribution in [3.05, 3.63) is 35.5 Å². The molecule has 0 aliphatic rings. The fourth-order valence-corrected chi connectivity index (χ4v) is 2.05. The summed E-state index contributed by atoms with van der Waals surface area (Å²) in [5.74, 6) is 0. The van der Waals surface area contributed by atoms with E-state index in [1.807, 2.05) is 30.5 Å². The molecule has 2 rings (SSSR count). The van der Waals surface area contributed by atoms with Gasteiger partial charge in [0.25, 0.3) is 0 Å². The van der Waals surface area contributed by atoms with Crippen LogP contribution in [0, 0.1) is 0 Å². The fourth-order valence-electron chi connectivity index (χ4n) is 1.89. The van der Waals surface area contributed by atoms with Gasteiger partial charge < -0.3 is 10.6 Å². The molecule has 2 N–H and O–H groups in total. The summed E-state index contributed by atoms with van der Waals surface area (Å²) in [5.41, 5.74) is 7.62. The van der Waals surface area contributed by atoms with Crippen LogP contribution < -0.4 is 10.6 Å². The Morgan fingerprint density at radius 1 is 1.35 bits per heavy atom. The van der Waals surface area contributed by atoms with E-state index in [-0.39, 0.29) is 0 Å². The molecule has 3 nitrogen and oxygen atoms in total. The SMILES string of the molecule is CN(CCCN)c1ccnc2cc(Cl)ccc12. The number of nitrogens with two attached hydrogens (primary N) is 1. The van der Waals surface area contributed by atoms with Gasteiger partial charge in [-0.25, -0.2) is 0 Å². The maximum absolute atomic E-state index is 5.96. The molecule has 17 heavy (non-hydrogen) atoms. The Hall–Kier alpha value is -1.32. The summed E-state index contributed by atoms with van der Waals surface area (Å²) in [6, 6.07) is 7.81. The molecule has 0 amide bonds. The van der Waals surface area contributed by atoms with Crippen molar-refractivity contribution in [1.29, 1.82) is 0 Å². The summed E-state index contributed by atoms with van der Waals surface area (Å²) in [5, 5.41) is 1.84. The van der Waals surface area contributed by atoms with Gasteiger partial charge in [-0.2, -0.15) is 0 Å². The molecule has 0 spiro atoms. The van der Waals surface area contributed by atoms with E-state index in [4.69, 9.17) is 17.3 Å². The molecule has 0 aliphatic carbocycles. The van der Waals surface area contributed by atoms with E-state index in [9.17, 15) is 0 Å². The van der Waals surface area contributed by atoms with Crippen LogP contribution in [0.25, 0.3) is 10.9 Å². The molecule has 0 saturated carbocycles. The molecule has 1 aromatic carbocycles. The van der Waals surface area contributed by atoms with Gasteiger partial charge in [0, 0.05) is 35.9 Å². The molecule has 0 aliphatic heterocycles. The van der Waals surface area contributed by atoms with Crippen molar-refractivity contribution in [3.8, 4) is 0 Å². The Morgan fingerprint density at radius 3 is 2.94 bits per heavy atom. The third kappa shape index (κ3) is 2.68. The lowest BCUT2D eigenvalue weighted by Crippen LogP contribution is -2.21. The van der Waals surface area contributed by atoms with Crippen LogP contribution in [0.4, 0.5) is 5.69 Å². The standard InChI is InChI=1S/C13H16ClN3/c1-17(8-2-6-15)13-5-7-16-12-9-10(14)3-4-11(12)13/h3-5,7,9H,2,6,8,15H2,1H3. The van der Waals surface area contributed by atoms with Crippen molar-refractivity contribution in [1.82, 2.24) is 4.98 Å². The van der Waals surface area contributed by atoms with Crippen molar-refractivity contribution in [2.24, 2.45) is 5.73 Å². The molecule has 0 atom stereocenters. The summed E-state index contributed by atoms with van der Waals surface area (Å²) in [7, 11) is 2.07. The molecule has 2 aromatic rings. The first-order chi connectivity index (χ1) is 8.22. The summed E-state index contributed by atoms with van der Waals surface area (Å²) in [4.78, 5) is 6.53. The highest BCUT2D eigenvalue weighted by molar-refractivity contribution is 6.31. The summed E-state index contributed by atoms with van der Waals surface area (Å²) < 4.78 is 0. The molecule has 0 unspecified atom stereocenters. The molecule has 0 radical (unpaired) electrons. The average molecular weight is 250 g/mol. The number of benzene rings is 1. The second kappa shape index (κ2) is 5.34. The number of aromatic nitrogens is 1. The van der Waals surface area contributed by atoms with E-state index in [1.165, 1.54) is 5.69 Å². The topological polar surface area (TPSA) is 42.1 Å². The van der Waals surface area contributed by atoms with Crippen LogP contribution in [0.1, 0.15) is 6.42 Å². The third-order valence-electron chi connectivity index (χ3n) is 2.79. The Bertz CT molecular complexity index is 513. The van der Waals surface area contributed by atoms with Gasteiger partial charge >= 0.3 is 0 Å². The second-order valence-electron chi connectivity index (χ2n) is 4.06. The fraction of sp³-hybridized carbons (Fsp3) is 0.308. The Morgan fingerprint density at radius 2 is 2.18 bits per heavy atom. The van der Waals surface area contributed by atoms with Crippen LogP contribution >= 0.6 is 11.6 Å². The minimum atomic E-state index is 0.708. The van der Waals surface area contributed by atoms with Crippen molar-refractivity contribution in [2.75, 3.05) is 25.0 Å². The van der Waals surface area contributed by atoms with Crippen LogP contribution in [0.15, 0.2) is 30.5 Å². The first kappa shape index (κ1) is 12.1. The zero-order valence-corrected chi connectivity index (χ0v) is 10.6. The van der Waals surface area contributed by atoms with Crippen LogP contribution in [-0.2, 0) is 0 Å². The van der Waals surface area contributed by atoms with E-state index in [0.29, 0.717) is 11.6 Å². The van der Waals surface area contributed by atoms with Crippen LogP contribution in [0.3, 0.4) is 0 Å². The van der Waals surface area contributed by atoms with Crippen LogP contribution in [-0.4, -0.2) is 25.1 Å². The number of pyridine rings is 1. The summed E-state index contributed by atoms with van der Waals surface area (Å²) >= 11 is 5.96. The van der Waals surface area contributed by atoms with Crippen LogP contribution in [0.5, 0.6) is 0 Å². The number of halogens is 1. The van der Waals surface area contributed by atoms with E-state index < -0.39 is 0 Å². The van der Waals surface area contributed by atoms with Gasteiger partial charge in [0.2, 0.25) is 0 Å². The molecule has 90 valence electrons. The quantitative estimate of drug-likeness (QED) is 0.906. The molecular formula is C13H16ClN3. The predicted molar refractivity (Wildman–Crippen MR) is 73.7 cm³/mol. The number of fused-ring (bicyclic) bond motifs is 1. The third-order valence-corrected chi connectivity index (χ3v) is 3.03. The second-order valence-corrected chi connectivity index (χ2v) is 4.49. The van der Waals surface area contributed by atoms with Crippen molar-refractivity contribution in [3.63, 3.8) is 0 Å². The highest BCUT2D eigenvalue weighted by atomic mass is 35.5. The van der Waals surface area contributed by atoms with E-state index in [0.717, 1.165) is 23.9 Å². The minimum absolute atomic E-state index is 0.708. The molecule has 1 heterocycles. The number of hydrogen-bond donors (Lipinski definition) is 1. The normalized spacial score (nSPS) is 10.8. The molecule has 1 aromatic heterocycles. The van der Waals surface area contributed by atoms with Crippen molar-refractivity contribution < 1.29 is 0 Å². The lowest BCUT2D eigenvalue weighted by atomic mass is 10.1. The van der Waals surface area contributed by atoms with Crippen molar-refractivity contribution in [2.45, 2.75) is 6.42 Å². The van der Waals surface area contributed by atoms with Crippen LogP contribution in [0.2, 0.25) is 5.02 Å². The zero-order valence-electron chi connectivity index (χ0n) is 9.86. The lowest BCUT2D eigenvalue weighted by molar-refractivity contribution is 0.797. The molecule has 0 fully saturated rings. The Labute approximate surface area is 106 Å².